The van der Waals surface area contributed by atoms with Crippen LogP contribution in [-0.2, 0) is 14.8 Å². The highest BCUT2D eigenvalue weighted by Gasteiger charge is 2.51. The van der Waals surface area contributed by atoms with Crippen molar-refractivity contribution in [1.82, 2.24) is 9.21 Å². The van der Waals surface area contributed by atoms with Gasteiger partial charge in [0.25, 0.3) is 0 Å². The van der Waals surface area contributed by atoms with Gasteiger partial charge in [0.05, 0.1) is 10.9 Å². The highest BCUT2D eigenvalue weighted by molar-refractivity contribution is 7.89. The van der Waals surface area contributed by atoms with Crippen LogP contribution in [0.5, 0.6) is 0 Å². The lowest BCUT2D eigenvalue weighted by Crippen LogP contribution is -2.56. The summed E-state index contributed by atoms with van der Waals surface area (Å²) < 4.78 is 34.2. The molecule has 2 aliphatic heterocycles. The van der Waals surface area contributed by atoms with Crippen LogP contribution < -0.4 is 5.32 Å². The zero-order chi connectivity index (χ0) is 20.6. The number of amides is 2. The number of carbonyl (C=O) groups is 1. The second-order valence-electron chi connectivity index (χ2n) is 6.84. The summed E-state index contributed by atoms with van der Waals surface area (Å²) in [5.41, 5.74) is -0.261. The number of para-hydroxylation sites is 1. The normalized spacial score (nSPS) is 19.6. The van der Waals surface area contributed by atoms with Crippen LogP contribution in [0.3, 0.4) is 0 Å². The lowest BCUT2D eigenvalue weighted by Gasteiger charge is -2.42. The van der Waals surface area contributed by atoms with Gasteiger partial charge in [-0.3, -0.25) is 0 Å². The minimum Gasteiger partial charge on any atom is -0.358 e. The molecule has 4 rings (SSSR count). The predicted octanol–water partition coefficient (Wildman–Crippen LogP) is 4.10. The molecule has 0 radical (unpaired) electrons. The van der Waals surface area contributed by atoms with E-state index >= 15 is 0 Å². The topological polar surface area (TPSA) is 79.0 Å². The van der Waals surface area contributed by atoms with Crippen molar-refractivity contribution in [1.29, 1.82) is 0 Å². The van der Waals surface area contributed by atoms with Crippen molar-refractivity contribution in [3.63, 3.8) is 0 Å². The largest absolute Gasteiger partial charge is 0.358 e. The van der Waals surface area contributed by atoms with E-state index in [-0.39, 0.29) is 21.8 Å². The van der Waals surface area contributed by atoms with E-state index in [0.29, 0.717) is 42.6 Å². The van der Waals surface area contributed by atoms with Crippen molar-refractivity contribution in [3.05, 3.63) is 45.1 Å². The standard InChI is InChI=1S/C18H19Cl2N3O4S2/c19-15-12-14(16(20)28-15)29(25,26)23-10-11-27-18(23)6-8-22(9-7-18)17(24)21-13-4-2-1-3-5-13/h1-5,12H,6-11H2,(H,21,24). The maximum atomic E-state index is 13.2. The number of anilines is 1. The molecular weight excluding hydrogens is 457 g/mol. The van der Waals surface area contributed by atoms with Gasteiger partial charge < -0.3 is 15.0 Å². The summed E-state index contributed by atoms with van der Waals surface area (Å²) >= 11 is 13.1. The third-order valence-corrected chi connectivity index (χ3v) is 8.87. The molecule has 7 nitrogen and oxygen atoms in total. The molecule has 1 aromatic carbocycles. The Hall–Kier alpha value is -1.36. The van der Waals surface area contributed by atoms with Crippen LogP contribution in [0.4, 0.5) is 10.5 Å². The predicted molar refractivity (Wildman–Crippen MR) is 113 cm³/mol. The van der Waals surface area contributed by atoms with Crippen molar-refractivity contribution < 1.29 is 17.9 Å². The number of nitrogens with zero attached hydrogens (tertiary/aromatic N) is 2. The fraction of sp³-hybridized carbons (Fsp3) is 0.389. The highest BCUT2D eigenvalue weighted by atomic mass is 35.5. The average Bonchev–Trinajstić information content (AvgIpc) is 3.26. The lowest BCUT2D eigenvalue weighted by molar-refractivity contribution is -0.0839. The smallest absolute Gasteiger partial charge is 0.321 e. The Morgan fingerprint density at radius 3 is 2.45 bits per heavy atom. The van der Waals surface area contributed by atoms with Crippen LogP contribution in [0.25, 0.3) is 0 Å². The fourth-order valence-corrected chi connectivity index (χ4v) is 7.57. The number of benzene rings is 1. The van der Waals surface area contributed by atoms with E-state index in [9.17, 15) is 13.2 Å². The number of hydrogen-bond donors (Lipinski definition) is 1. The Kier molecular flexibility index (Phi) is 5.80. The SMILES string of the molecule is O=C(Nc1ccccc1)N1CCC2(CC1)OCCN2S(=O)(=O)c1cc(Cl)sc1Cl. The van der Waals surface area contributed by atoms with Crippen LogP contribution in [-0.4, -0.2) is 55.6 Å². The van der Waals surface area contributed by atoms with E-state index in [0.717, 1.165) is 11.3 Å². The minimum atomic E-state index is -3.86. The first-order valence-corrected chi connectivity index (χ1v) is 12.1. The van der Waals surface area contributed by atoms with Gasteiger partial charge in [0.2, 0.25) is 10.0 Å². The molecular formula is C18H19Cl2N3O4S2. The van der Waals surface area contributed by atoms with Gasteiger partial charge in [-0.15, -0.1) is 11.3 Å². The van der Waals surface area contributed by atoms with Gasteiger partial charge >= 0.3 is 6.03 Å². The summed E-state index contributed by atoms with van der Waals surface area (Å²) in [5.74, 6) is 0. The van der Waals surface area contributed by atoms with E-state index in [1.54, 1.807) is 4.90 Å². The second kappa shape index (κ2) is 8.05. The summed E-state index contributed by atoms with van der Waals surface area (Å²) in [6.07, 6.45) is 0.758. The Bertz CT molecular complexity index is 1010. The number of urea groups is 1. The Labute approximate surface area is 183 Å². The van der Waals surface area contributed by atoms with Gasteiger partial charge in [-0.2, -0.15) is 4.31 Å². The number of nitrogens with one attached hydrogen (secondary N) is 1. The number of carbonyl (C=O) groups excluding carboxylic acids is 1. The monoisotopic (exact) mass is 475 g/mol. The highest BCUT2D eigenvalue weighted by Crippen LogP contribution is 2.42. The molecule has 2 aliphatic rings. The van der Waals surface area contributed by atoms with Gasteiger partial charge in [-0.25, -0.2) is 13.2 Å². The molecule has 29 heavy (non-hydrogen) atoms. The van der Waals surface area contributed by atoms with E-state index in [1.807, 2.05) is 30.3 Å². The van der Waals surface area contributed by atoms with Crippen molar-refractivity contribution in [2.75, 3.05) is 31.6 Å². The number of sulfonamides is 1. The second-order valence-corrected chi connectivity index (χ2v) is 11.0. The first-order chi connectivity index (χ1) is 13.8. The van der Waals surface area contributed by atoms with Crippen LogP contribution in [0.2, 0.25) is 8.67 Å². The Balaban J connectivity index is 1.48. The zero-order valence-corrected chi connectivity index (χ0v) is 18.5. The van der Waals surface area contributed by atoms with Crippen molar-refractivity contribution in [3.8, 4) is 0 Å². The molecule has 0 saturated carbocycles. The number of rotatable bonds is 3. The van der Waals surface area contributed by atoms with Crippen LogP contribution in [0.15, 0.2) is 41.3 Å². The molecule has 1 spiro atoms. The lowest BCUT2D eigenvalue weighted by atomic mass is 10.0. The summed E-state index contributed by atoms with van der Waals surface area (Å²) in [6, 6.07) is 10.3. The van der Waals surface area contributed by atoms with Crippen LogP contribution in [0.1, 0.15) is 12.8 Å². The van der Waals surface area contributed by atoms with Crippen LogP contribution >= 0.6 is 34.5 Å². The molecule has 2 amide bonds. The number of ether oxygens (including phenoxy) is 1. The zero-order valence-electron chi connectivity index (χ0n) is 15.3. The van der Waals surface area contributed by atoms with Crippen molar-refractivity contribution in [2.24, 2.45) is 0 Å². The van der Waals surface area contributed by atoms with Gasteiger partial charge in [0.15, 0.2) is 0 Å². The quantitative estimate of drug-likeness (QED) is 0.724. The first-order valence-electron chi connectivity index (χ1n) is 9.04. The molecule has 0 bridgehead atoms. The average molecular weight is 476 g/mol. The Morgan fingerprint density at radius 2 is 1.83 bits per heavy atom. The van der Waals surface area contributed by atoms with Crippen molar-refractivity contribution >= 4 is 56.3 Å². The Morgan fingerprint density at radius 1 is 1.14 bits per heavy atom. The molecule has 0 unspecified atom stereocenters. The van der Waals surface area contributed by atoms with Gasteiger partial charge in [-0.1, -0.05) is 41.4 Å². The molecule has 0 atom stereocenters. The number of thiophene rings is 1. The molecule has 2 fully saturated rings. The van der Waals surface area contributed by atoms with E-state index < -0.39 is 15.7 Å². The summed E-state index contributed by atoms with van der Waals surface area (Å²) in [6.45, 7) is 1.29. The summed E-state index contributed by atoms with van der Waals surface area (Å²) in [5, 5.41) is 2.85. The van der Waals surface area contributed by atoms with E-state index in [4.69, 9.17) is 27.9 Å². The fourth-order valence-electron chi connectivity index (χ4n) is 3.73. The third-order valence-electron chi connectivity index (χ3n) is 5.17. The maximum absolute atomic E-state index is 13.2. The van der Waals surface area contributed by atoms with E-state index in [1.165, 1.54) is 10.4 Å². The first kappa shape index (κ1) is 20.9. The minimum absolute atomic E-state index is 0.00305. The molecule has 11 heteroatoms. The molecule has 1 N–H and O–H groups in total. The third kappa shape index (κ3) is 3.99. The molecule has 1 aromatic heterocycles. The number of hydrogen-bond acceptors (Lipinski definition) is 5. The van der Waals surface area contributed by atoms with Gasteiger partial charge in [-0.05, 0) is 18.2 Å². The summed E-state index contributed by atoms with van der Waals surface area (Å²) in [7, 11) is -3.86. The van der Waals surface area contributed by atoms with Crippen molar-refractivity contribution in [2.45, 2.75) is 23.5 Å². The number of likely N-dealkylation sites (tertiary alicyclic amines) is 1. The molecule has 0 aliphatic carbocycles. The summed E-state index contributed by atoms with van der Waals surface area (Å²) in [4.78, 5) is 14.2. The number of piperidine rings is 1. The number of halogens is 2. The molecule has 3 heterocycles. The molecule has 2 aromatic rings. The van der Waals surface area contributed by atoms with Crippen LogP contribution in [0, 0.1) is 0 Å². The van der Waals surface area contributed by atoms with Gasteiger partial charge in [0.1, 0.15) is 15.0 Å². The maximum Gasteiger partial charge on any atom is 0.321 e. The molecule has 2 saturated heterocycles. The van der Waals surface area contributed by atoms with E-state index in [2.05, 4.69) is 5.32 Å². The molecule has 156 valence electrons. The van der Waals surface area contributed by atoms with Gasteiger partial charge in [0, 0.05) is 38.2 Å².